The molecule has 0 aliphatic carbocycles. The van der Waals surface area contributed by atoms with E-state index in [1.54, 1.807) is 11.2 Å². The van der Waals surface area contributed by atoms with Crippen LogP contribution < -0.4 is 10.2 Å². The number of halogens is 1. The minimum atomic E-state index is 0.874. The molecule has 2 aromatic heterocycles. The van der Waals surface area contributed by atoms with Crippen molar-refractivity contribution in [3.8, 4) is 16.8 Å². The first-order chi connectivity index (χ1) is 15.8. The molecule has 0 atom stereocenters. The Kier molecular flexibility index (Phi) is 6.48. The summed E-state index contributed by atoms with van der Waals surface area (Å²) in [4.78, 5) is 10.9. The molecule has 0 saturated carbocycles. The Morgan fingerprint density at radius 3 is 2.56 bits per heavy atom. The number of ether oxygens (including phenoxy) is 1. The molecule has 32 heavy (non-hydrogen) atoms. The summed E-state index contributed by atoms with van der Waals surface area (Å²) in [5, 5.41) is 4.65. The second kappa shape index (κ2) is 9.81. The standard InChI is InChI=1S/C25H26BrN5O/c26-20-7-9-21(10-8-20)31-17-22(19-5-2-1-3-6-19)23-24(28-18-29-25(23)31)27-11-4-12-30-13-15-32-16-14-30/h1-3,5-10,17-18H,4,11-16H2,(H,27,28,29)/p+1. The van der Waals surface area contributed by atoms with Crippen molar-refractivity contribution in [2.45, 2.75) is 6.42 Å². The Morgan fingerprint density at radius 1 is 1.00 bits per heavy atom. The van der Waals surface area contributed by atoms with Crippen molar-refractivity contribution >= 4 is 32.8 Å². The van der Waals surface area contributed by atoms with Gasteiger partial charge in [0.25, 0.3) is 0 Å². The highest BCUT2D eigenvalue weighted by Gasteiger charge is 2.18. The third-order valence-electron chi connectivity index (χ3n) is 5.97. The Bertz CT molecular complexity index is 1170. The van der Waals surface area contributed by atoms with E-state index in [9.17, 15) is 0 Å². The molecule has 0 bridgehead atoms. The van der Waals surface area contributed by atoms with Crippen molar-refractivity contribution in [2.24, 2.45) is 0 Å². The van der Waals surface area contributed by atoms with Crippen molar-refractivity contribution in [3.63, 3.8) is 0 Å². The van der Waals surface area contributed by atoms with Crippen molar-refractivity contribution in [1.29, 1.82) is 0 Å². The lowest BCUT2D eigenvalue weighted by Crippen LogP contribution is -3.14. The SMILES string of the molecule is Brc1ccc(-n2cc(-c3ccccc3)c3c(NCCC[NH+]4CCOCC4)ncnc32)cc1. The van der Waals surface area contributed by atoms with Crippen LogP contribution in [0.3, 0.4) is 0 Å². The van der Waals surface area contributed by atoms with E-state index in [1.807, 2.05) is 6.07 Å². The zero-order valence-corrected chi connectivity index (χ0v) is 19.5. The third kappa shape index (κ3) is 4.55. The van der Waals surface area contributed by atoms with Gasteiger partial charge in [-0.05, 0) is 29.8 Å². The van der Waals surface area contributed by atoms with Crippen LogP contribution in [0.5, 0.6) is 0 Å². The van der Waals surface area contributed by atoms with E-state index in [2.05, 4.69) is 90.5 Å². The summed E-state index contributed by atoms with van der Waals surface area (Å²) in [6.45, 7) is 5.99. The van der Waals surface area contributed by atoms with Crippen LogP contribution in [0, 0.1) is 0 Å². The summed E-state index contributed by atoms with van der Waals surface area (Å²) in [5.41, 5.74) is 4.26. The van der Waals surface area contributed by atoms with Gasteiger partial charge < -0.3 is 19.5 Å². The Hall–Kier alpha value is -2.74. The highest BCUT2D eigenvalue weighted by Crippen LogP contribution is 2.35. The number of nitrogens with one attached hydrogen (secondary N) is 2. The first-order valence-electron chi connectivity index (χ1n) is 11.1. The molecule has 2 N–H and O–H groups in total. The fourth-order valence-corrected chi connectivity index (χ4v) is 4.55. The average molecular weight is 493 g/mol. The highest BCUT2D eigenvalue weighted by atomic mass is 79.9. The summed E-state index contributed by atoms with van der Waals surface area (Å²) < 4.78 is 8.67. The van der Waals surface area contributed by atoms with Gasteiger partial charge in [-0.1, -0.05) is 46.3 Å². The summed E-state index contributed by atoms with van der Waals surface area (Å²) in [7, 11) is 0. The van der Waals surface area contributed by atoms with Gasteiger partial charge in [0.2, 0.25) is 0 Å². The third-order valence-corrected chi connectivity index (χ3v) is 6.50. The number of aromatic nitrogens is 3. The number of anilines is 1. The number of benzene rings is 2. The predicted octanol–water partition coefficient (Wildman–Crippen LogP) is 3.57. The van der Waals surface area contributed by atoms with E-state index >= 15 is 0 Å². The van der Waals surface area contributed by atoms with Gasteiger partial charge in [0.15, 0.2) is 5.65 Å². The summed E-state index contributed by atoms with van der Waals surface area (Å²) in [5.74, 6) is 0.890. The van der Waals surface area contributed by atoms with Crippen LogP contribution in [-0.4, -0.2) is 53.9 Å². The molecule has 0 unspecified atom stereocenters. The van der Waals surface area contributed by atoms with Crippen LogP contribution in [0.4, 0.5) is 5.82 Å². The molecule has 3 heterocycles. The van der Waals surface area contributed by atoms with Crippen LogP contribution in [0.2, 0.25) is 0 Å². The van der Waals surface area contributed by atoms with Gasteiger partial charge in [0.1, 0.15) is 25.2 Å². The molecule has 1 aliphatic rings. The van der Waals surface area contributed by atoms with Gasteiger partial charge in [-0.15, -0.1) is 0 Å². The van der Waals surface area contributed by atoms with Gasteiger partial charge in [0.05, 0.1) is 25.1 Å². The van der Waals surface area contributed by atoms with Crippen LogP contribution >= 0.6 is 15.9 Å². The number of hydrogen-bond acceptors (Lipinski definition) is 4. The molecule has 6 nitrogen and oxygen atoms in total. The maximum atomic E-state index is 5.47. The van der Waals surface area contributed by atoms with Crippen LogP contribution in [-0.2, 0) is 4.74 Å². The van der Waals surface area contributed by atoms with E-state index in [1.165, 1.54) is 0 Å². The van der Waals surface area contributed by atoms with Crippen molar-refractivity contribution in [1.82, 2.24) is 14.5 Å². The van der Waals surface area contributed by atoms with Crippen LogP contribution in [0.15, 0.2) is 71.6 Å². The van der Waals surface area contributed by atoms with Crippen LogP contribution in [0.25, 0.3) is 27.8 Å². The topological polar surface area (TPSA) is 56.4 Å². The molecule has 0 amide bonds. The second-order valence-corrected chi connectivity index (χ2v) is 8.98. The molecular formula is C25H27BrN5O+. The Balaban J connectivity index is 1.47. The molecule has 2 aromatic carbocycles. The largest absolute Gasteiger partial charge is 0.370 e. The number of nitrogens with zero attached hydrogens (tertiary/aromatic N) is 3. The average Bonchev–Trinajstić information content (AvgIpc) is 3.24. The molecule has 5 rings (SSSR count). The van der Waals surface area contributed by atoms with Gasteiger partial charge in [-0.3, -0.25) is 0 Å². The lowest BCUT2D eigenvalue weighted by atomic mass is 10.1. The highest BCUT2D eigenvalue weighted by molar-refractivity contribution is 9.10. The van der Waals surface area contributed by atoms with Gasteiger partial charge >= 0.3 is 0 Å². The molecular weight excluding hydrogens is 466 g/mol. The Labute approximate surface area is 196 Å². The fraction of sp³-hybridized carbons (Fsp3) is 0.280. The summed E-state index contributed by atoms with van der Waals surface area (Å²) in [6, 6.07) is 18.8. The van der Waals surface area contributed by atoms with E-state index in [0.717, 1.165) is 84.0 Å². The molecule has 1 saturated heterocycles. The molecule has 4 aromatic rings. The van der Waals surface area contributed by atoms with E-state index in [4.69, 9.17) is 4.74 Å². The zero-order chi connectivity index (χ0) is 21.8. The van der Waals surface area contributed by atoms with E-state index in [-0.39, 0.29) is 0 Å². The molecule has 7 heteroatoms. The van der Waals surface area contributed by atoms with Crippen molar-refractivity contribution in [2.75, 3.05) is 44.7 Å². The number of fused-ring (bicyclic) bond motifs is 1. The summed E-state index contributed by atoms with van der Waals surface area (Å²) in [6.07, 6.45) is 4.91. The number of quaternary nitrogens is 1. The first-order valence-corrected chi connectivity index (χ1v) is 11.9. The number of rotatable bonds is 7. The lowest BCUT2D eigenvalue weighted by molar-refractivity contribution is -0.908. The molecule has 0 radical (unpaired) electrons. The number of hydrogen-bond donors (Lipinski definition) is 2. The second-order valence-electron chi connectivity index (χ2n) is 8.07. The summed E-state index contributed by atoms with van der Waals surface area (Å²) >= 11 is 3.53. The monoisotopic (exact) mass is 492 g/mol. The molecule has 164 valence electrons. The number of morpholine rings is 1. The van der Waals surface area contributed by atoms with E-state index < -0.39 is 0 Å². The van der Waals surface area contributed by atoms with Gasteiger partial charge in [-0.2, -0.15) is 0 Å². The quantitative estimate of drug-likeness (QED) is 0.387. The molecule has 1 fully saturated rings. The smallest absolute Gasteiger partial charge is 0.150 e. The van der Waals surface area contributed by atoms with Crippen molar-refractivity contribution in [3.05, 3.63) is 71.6 Å². The minimum Gasteiger partial charge on any atom is -0.370 e. The van der Waals surface area contributed by atoms with Gasteiger partial charge in [-0.25, -0.2) is 9.97 Å². The first kappa shape index (κ1) is 21.1. The maximum Gasteiger partial charge on any atom is 0.150 e. The normalized spacial score (nSPS) is 14.7. The fourth-order valence-electron chi connectivity index (χ4n) is 4.29. The van der Waals surface area contributed by atoms with Crippen molar-refractivity contribution < 1.29 is 9.64 Å². The zero-order valence-electron chi connectivity index (χ0n) is 17.9. The van der Waals surface area contributed by atoms with Gasteiger partial charge in [0, 0.05) is 34.9 Å². The molecule has 1 aliphatic heterocycles. The lowest BCUT2D eigenvalue weighted by Gasteiger charge is -2.23. The van der Waals surface area contributed by atoms with E-state index in [0.29, 0.717) is 0 Å². The predicted molar refractivity (Wildman–Crippen MR) is 131 cm³/mol. The Morgan fingerprint density at radius 2 is 1.78 bits per heavy atom. The maximum absolute atomic E-state index is 5.47. The minimum absolute atomic E-state index is 0.874. The molecule has 0 spiro atoms. The van der Waals surface area contributed by atoms with Crippen LogP contribution in [0.1, 0.15) is 6.42 Å².